The molecule has 0 atom stereocenters. The predicted molar refractivity (Wildman–Crippen MR) is 120 cm³/mol. The number of hydrogen-bond acceptors (Lipinski definition) is 3. The van der Waals surface area contributed by atoms with Crippen molar-refractivity contribution in [1.29, 1.82) is 0 Å². The summed E-state index contributed by atoms with van der Waals surface area (Å²) in [6.07, 6.45) is 0. The predicted octanol–water partition coefficient (Wildman–Crippen LogP) is 4.84. The van der Waals surface area contributed by atoms with E-state index in [0.717, 1.165) is 27.2 Å². The topological polar surface area (TPSA) is 63.5 Å². The molecule has 6 aromatic rings. The Morgan fingerprint density at radius 2 is 1.63 bits per heavy atom. The van der Waals surface area contributed by atoms with E-state index in [4.69, 9.17) is 4.98 Å². The van der Waals surface area contributed by atoms with Crippen molar-refractivity contribution in [3.63, 3.8) is 0 Å². The summed E-state index contributed by atoms with van der Waals surface area (Å²) in [5.74, 6) is -0.182. The van der Waals surface area contributed by atoms with Crippen LogP contribution in [0.15, 0.2) is 89.7 Å². The summed E-state index contributed by atoms with van der Waals surface area (Å²) in [5.41, 5.74) is 3.30. The van der Waals surface area contributed by atoms with Gasteiger partial charge in [0.1, 0.15) is 5.65 Å². The largest absolute Gasteiger partial charge is 0.322 e. The lowest BCUT2D eigenvalue weighted by molar-refractivity contribution is 0.102. The van der Waals surface area contributed by atoms with Crippen molar-refractivity contribution in [3.8, 4) is 0 Å². The fourth-order valence-corrected chi connectivity index (χ4v) is 4.18. The fourth-order valence-electron chi connectivity index (χ4n) is 4.18. The number of benzene rings is 4. The van der Waals surface area contributed by atoms with Gasteiger partial charge in [0.25, 0.3) is 11.5 Å². The molecule has 0 bridgehead atoms. The van der Waals surface area contributed by atoms with E-state index in [1.807, 2.05) is 72.8 Å². The van der Waals surface area contributed by atoms with Gasteiger partial charge in [-0.15, -0.1) is 0 Å². The Hall–Kier alpha value is -4.25. The quantitative estimate of drug-likeness (QED) is 0.461. The van der Waals surface area contributed by atoms with E-state index in [1.165, 1.54) is 0 Å². The highest BCUT2D eigenvalue weighted by molar-refractivity contribution is 6.17. The number of anilines is 1. The van der Waals surface area contributed by atoms with E-state index in [1.54, 1.807) is 16.5 Å². The van der Waals surface area contributed by atoms with Gasteiger partial charge < -0.3 is 5.32 Å². The molecule has 0 saturated heterocycles. The van der Waals surface area contributed by atoms with E-state index < -0.39 is 0 Å². The van der Waals surface area contributed by atoms with Crippen molar-refractivity contribution in [1.82, 2.24) is 9.38 Å². The van der Waals surface area contributed by atoms with E-state index in [9.17, 15) is 9.59 Å². The molecule has 2 aromatic heterocycles. The number of amides is 1. The Kier molecular flexibility index (Phi) is 3.40. The molecule has 0 unspecified atom stereocenters. The third-order valence-corrected chi connectivity index (χ3v) is 5.51. The van der Waals surface area contributed by atoms with Gasteiger partial charge in [0.05, 0.1) is 11.0 Å². The van der Waals surface area contributed by atoms with E-state index in [-0.39, 0.29) is 11.5 Å². The Bertz CT molecular complexity index is 1650. The number of carbonyl (C=O) groups excluding carboxylic acids is 1. The molecule has 0 fully saturated rings. The molecule has 6 rings (SSSR count). The summed E-state index contributed by atoms with van der Waals surface area (Å²) in [6, 6.07) is 26.2. The second-order valence-electron chi connectivity index (χ2n) is 7.31. The summed E-state index contributed by atoms with van der Waals surface area (Å²) in [5, 5.41) is 6.21. The van der Waals surface area contributed by atoms with Crippen LogP contribution in [0.3, 0.4) is 0 Å². The third-order valence-electron chi connectivity index (χ3n) is 5.51. The molecule has 1 amide bonds. The molecule has 5 nitrogen and oxygen atoms in total. The van der Waals surface area contributed by atoms with Crippen molar-refractivity contribution in [2.75, 3.05) is 5.32 Å². The number of nitrogens with one attached hydrogen (secondary N) is 1. The highest BCUT2D eigenvalue weighted by atomic mass is 16.1. The Morgan fingerprint density at radius 3 is 2.50 bits per heavy atom. The lowest BCUT2D eigenvalue weighted by Crippen LogP contribution is -2.14. The number of rotatable bonds is 2. The first kappa shape index (κ1) is 16.7. The van der Waals surface area contributed by atoms with Gasteiger partial charge in [0, 0.05) is 27.4 Å². The molecule has 1 N–H and O–H groups in total. The molecule has 4 aromatic carbocycles. The van der Waals surface area contributed by atoms with Crippen molar-refractivity contribution in [2.24, 2.45) is 0 Å². The molecule has 0 aliphatic carbocycles. The van der Waals surface area contributed by atoms with Crippen LogP contribution in [0.1, 0.15) is 10.4 Å². The molecule has 2 heterocycles. The molecule has 5 heteroatoms. The molecule has 30 heavy (non-hydrogen) atoms. The van der Waals surface area contributed by atoms with E-state index >= 15 is 0 Å². The Labute approximate surface area is 170 Å². The van der Waals surface area contributed by atoms with Crippen LogP contribution >= 0.6 is 0 Å². The van der Waals surface area contributed by atoms with Crippen molar-refractivity contribution in [2.45, 2.75) is 0 Å². The minimum atomic E-state index is -0.182. The van der Waals surface area contributed by atoms with Gasteiger partial charge in [-0.25, -0.2) is 4.98 Å². The maximum absolute atomic E-state index is 13.3. The Balaban J connectivity index is 1.66. The summed E-state index contributed by atoms with van der Waals surface area (Å²) in [6.45, 7) is 0. The summed E-state index contributed by atoms with van der Waals surface area (Å²) in [7, 11) is 0. The summed E-state index contributed by atoms with van der Waals surface area (Å²) >= 11 is 0. The number of fused-ring (bicyclic) bond motifs is 4. The SMILES string of the molecule is O=C(Nc1cc2cccc3c(=O)n4c5ccccc5nc4c(c1)c23)c1ccccc1. The highest BCUT2D eigenvalue weighted by Crippen LogP contribution is 2.32. The summed E-state index contributed by atoms with van der Waals surface area (Å²) < 4.78 is 1.66. The zero-order valence-electron chi connectivity index (χ0n) is 15.8. The molecule has 0 aliphatic rings. The van der Waals surface area contributed by atoms with Crippen LogP contribution in [0.5, 0.6) is 0 Å². The monoisotopic (exact) mass is 389 g/mol. The van der Waals surface area contributed by atoms with Crippen LogP contribution in [0.4, 0.5) is 5.69 Å². The van der Waals surface area contributed by atoms with Gasteiger partial charge in [0.2, 0.25) is 0 Å². The number of imidazole rings is 1. The van der Waals surface area contributed by atoms with Crippen LogP contribution in [0.25, 0.3) is 38.2 Å². The number of carbonyl (C=O) groups is 1. The number of para-hydroxylation sites is 2. The maximum atomic E-state index is 13.3. The number of nitrogens with zero attached hydrogens (tertiary/aromatic N) is 2. The second kappa shape index (κ2) is 6.12. The lowest BCUT2D eigenvalue weighted by atomic mass is 10.0. The first-order chi connectivity index (χ1) is 14.7. The van der Waals surface area contributed by atoms with Crippen molar-refractivity contribution in [3.05, 3.63) is 101 Å². The average molecular weight is 389 g/mol. The maximum Gasteiger partial charge on any atom is 0.264 e. The van der Waals surface area contributed by atoms with Gasteiger partial charge in [-0.1, -0.05) is 42.5 Å². The first-order valence-corrected chi connectivity index (χ1v) is 9.66. The molecule has 142 valence electrons. The fraction of sp³-hybridized carbons (Fsp3) is 0. The van der Waals surface area contributed by atoms with E-state index in [0.29, 0.717) is 22.3 Å². The van der Waals surface area contributed by atoms with Crippen LogP contribution < -0.4 is 10.9 Å². The molecule has 0 radical (unpaired) electrons. The smallest absolute Gasteiger partial charge is 0.264 e. The van der Waals surface area contributed by atoms with Gasteiger partial charge >= 0.3 is 0 Å². The molecular formula is C25H15N3O2. The lowest BCUT2D eigenvalue weighted by Gasteiger charge is -2.11. The number of hydrogen-bond donors (Lipinski definition) is 1. The van der Waals surface area contributed by atoms with Crippen LogP contribution in [-0.4, -0.2) is 15.3 Å². The van der Waals surface area contributed by atoms with Crippen molar-refractivity contribution < 1.29 is 4.79 Å². The normalized spacial score (nSPS) is 11.6. The van der Waals surface area contributed by atoms with Gasteiger partial charge in [-0.2, -0.15) is 0 Å². The molecule has 0 aliphatic heterocycles. The van der Waals surface area contributed by atoms with E-state index in [2.05, 4.69) is 5.32 Å². The zero-order valence-corrected chi connectivity index (χ0v) is 15.8. The van der Waals surface area contributed by atoms with Crippen LogP contribution in [0.2, 0.25) is 0 Å². The third kappa shape index (κ3) is 2.32. The zero-order chi connectivity index (χ0) is 20.2. The molecular weight excluding hydrogens is 374 g/mol. The minimum Gasteiger partial charge on any atom is -0.322 e. The van der Waals surface area contributed by atoms with Gasteiger partial charge in [-0.3, -0.25) is 14.0 Å². The number of aromatic nitrogens is 2. The van der Waals surface area contributed by atoms with Crippen LogP contribution in [-0.2, 0) is 0 Å². The molecule has 0 saturated carbocycles. The number of pyridine rings is 1. The highest BCUT2D eigenvalue weighted by Gasteiger charge is 2.17. The average Bonchev–Trinajstić information content (AvgIpc) is 3.18. The standard InChI is InChI=1S/C25H15N3O2/c29-24(15-7-2-1-3-8-15)26-17-13-16-9-6-10-18-22(16)19(14-17)23-27-20-11-4-5-12-21(20)28(23)25(18)30/h1-14H,(H,26,29). The minimum absolute atomic E-state index is 0.0853. The van der Waals surface area contributed by atoms with Gasteiger partial charge in [0.15, 0.2) is 0 Å². The van der Waals surface area contributed by atoms with Crippen molar-refractivity contribution >= 4 is 49.8 Å². The summed E-state index contributed by atoms with van der Waals surface area (Å²) in [4.78, 5) is 30.7. The Morgan fingerprint density at radius 1 is 0.833 bits per heavy atom. The molecule has 0 spiro atoms. The first-order valence-electron chi connectivity index (χ1n) is 9.66. The van der Waals surface area contributed by atoms with Gasteiger partial charge in [-0.05, 0) is 47.9 Å². The second-order valence-corrected chi connectivity index (χ2v) is 7.31. The van der Waals surface area contributed by atoms with Crippen LogP contribution in [0, 0.1) is 0 Å².